The molecule has 0 saturated heterocycles. The second kappa shape index (κ2) is 7.60. The van der Waals surface area contributed by atoms with Crippen LogP contribution in [0.3, 0.4) is 0 Å². The highest BCUT2D eigenvalue weighted by molar-refractivity contribution is 5.96. The summed E-state index contributed by atoms with van der Waals surface area (Å²) >= 11 is 0. The SMILES string of the molecule is CNc1ccc([N+](=O)[O-])cc1C(=O)OC(C)c1nc(-c2cccnc2)no1. The zero-order valence-corrected chi connectivity index (χ0v) is 14.4. The third kappa shape index (κ3) is 3.89. The number of carbonyl (C=O) groups is 1. The summed E-state index contributed by atoms with van der Waals surface area (Å²) in [7, 11) is 1.60. The molecule has 0 aliphatic carbocycles. The molecule has 1 N–H and O–H groups in total. The Balaban J connectivity index is 1.79. The van der Waals surface area contributed by atoms with E-state index in [1.54, 1.807) is 38.5 Å². The molecule has 1 atom stereocenters. The maximum absolute atomic E-state index is 12.5. The molecule has 138 valence electrons. The molecule has 10 heteroatoms. The summed E-state index contributed by atoms with van der Waals surface area (Å²) in [5.41, 5.74) is 0.873. The molecule has 0 aliphatic rings. The topological polar surface area (TPSA) is 133 Å². The first-order chi connectivity index (χ1) is 13.0. The number of aromatic nitrogens is 3. The average Bonchev–Trinajstić information content (AvgIpc) is 3.18. The Morgan fingerprint density at radius 3 is 2.85 bits per heavy atom. The van der Waals surface area contributed by atoms with Crippen molar-refractivity contribution in [3.63, 3.8) is 0 Å². The van der Waals surface area contributed by atoms with Crippen LogP contribution in [0.25, 0.3) is 11.4 Å². The highest BCUT2D eigenvalue weighted by atomic mass is 16.6. The number of nitrogens with zero attached hydrogens (tertiary/aromatic N) is 4. The van der Waals surface area contributed by atoms with Gasteiger partial charge in [-0.05, 0) is 25.1 Å². The van der Waals surface area contributed by atoms with Crippen LogP contribution < -0.4 is 5.32 Å². The smallest absolute Gasteiger partial charge is 0.341 e. The first-order valence-corrected chi connectivity index (χ1v) is 7.90. The van der Waals surface area contributed by atoms with Crippen molar-refractivity contribution < 1.29 is 19.0 Å². The Bertz CT molecular complexity index is 973. The van der Waals surface area contributed by atoms with E-state index in [0.29, 0.717) is 17.1 Å². The Labute approximate surface area is 153 Å². The van der Waals surface area contributed by atoms with Crippen LogP contribution in [-0.2, 0) is 4.74 Å². The first kappa shape index (κ1) is 18.0. The molecule has 3 rings (SSSR count). The molecule has 0 fully saturated rings. The fourth-order valence-electron chi connectivity index (χ4n) is 2.32. The molecule has 0 radical (unpaired) electrons. The fraction of sp³-hybridized carbons (Fsp3) is 0.176. The minimum absolute atomic E-state index is 0.0329. The quantitative estimate of drug-likeness (QED) is 0.395. The summed E-state index contributed by atoms with van der Waals surface area (Å²) in [6.07, 6.45) is 2.35. The highest BCUT2D eigenvalue weighted by Crippen LogP contribution is 2.26. The van der Waals surface area contributed by atoms with Crippen LogP contribution in [0.4, 0.5) is 11.4 Å². The standard InChI is InChI=1S/C17H15N5O5/c1-10(16-20-15(21-27-16)11-4-3-7-19-9-11)26-17(23)13-8-12(22(24)25)5-6-14(13)18-2/h3-10,18H,1-2H3. The van der Waals surface area contributed by atoms with Crippen molar-refractivity contribution in [3.8, 4) is 11.4 Å². The van der Waals surface area contributed by atoms with E-state index in [1.165, 1.54) is 12.1 Å². The number of non-ortho nitro benzene ring substituents is 1. The number of nitro benzene ring substituents is 1. The largest absolute Gasteiger partial charge is 0.449 e. The third-order valence-corrected chi connectivity index (χ3v) is 3.70. The third-order valence-electron chi connectivity index (χ3n) is 3.70. The van der Waals surface area contributed by atoms with Crippen LogP contribution in [0.1, 0.15) is 29.3 Å². The van der Waals surface area contributed by atoms with E-state index >= 15 is 0 Å². The van der Waals surface area contributed by atoms with Gasteiger partial charge in [0.15, 0.2) is 6.10 Å². The Kier molecular flexibility index (Phi) is 5.06. The fourth-order valence-corrected chi connectivity index (χ4v) is 2.32. The molecule has 1 unspecified atom stereocenters. The molecule has 10 nitrogen and oxygen atoms in total. The monoisotopic (exact) mass is 369 g/mol. The van der Waals surface area contributed by atoms with Gasteiger partial charge in [-0.15, -0.1) is 0 Å². The maximum atomic E-state index is 12.5. The predicted octanol–water partition coefficient (Wildman–Crippen LogP) is 3.00. The molecular weight excluding hydrogens is 354 g/mol. The van der Waals surface area contributed by atoms with Gasteiger partial charge in [0.1, 0.15) is 0 Å². The lowest BCUT2D eigenvalue weighted by atomic mass is 10.1. The Morgan fingerprint density at radius 2 is 2.19 bits per heavy atom. The molecule has 0 aliphatic heterocycles. The number of rotatable bonds is 6. The molecule has 0 spiro atoms. The van der Waals surface area contributed by atoms with E-state index in [1.807, 2.05) is 0 Å². The van der Waals surface area contributed by atoms with Crippen LogP contribution in [0.5, 0.6) is 0 Å². The lowest BCUT2D eigenvalue weighted by Gasteiger charge is -2.12. The van der Waals surface area contributed by atoms with E-state index in [2.05, 4.69) is 20.4 Å². The van der Waals surface area contributed by atoms with Crippen molar-refractivity contribution in [3.05, 3.63) is 64.3 Å². The number of nitrogens with one attached hydrogen (secondary N) is 1. The summed E-state index contributed by atoms with van der Waals surface area (Å²) in [5, 5.41) is 17.6. The van der Waals surface area contributed by atoms with Crippen LogP contribution in [0.2, 0.25) is 0 Å². The second-order valence-electron chi connectivity index (χ2n) is 5.48. The summed E-state index contributed by atoms with van der Waals surface area (Å²) in [4.78, 5) is 31.0. The molecule has 1 aromatic carbocycles. The van der Waals surface area contributed by atoms with Crippen molar-refractivity contribution >= 4 is 17.3 Å². The minimum atomic E-state index is -0.848. The normalized spacial score (nSPS) is 11.6. The number of anilines is 1. The molecular formula is C17H15N5O5. The number of benzene rings is 1. The van der Waals surface area contributed by atoms with Gasteiger partial charge in [0, 0.05) is 42.8 Å². The summed E-state index contributed by atoms with van der Waals surface area (Å²) in [6, 6.07) is 7.38. The number of nitro groups is 1. The van der Waals surface area contributed by atoms with Crippen LogP contribution >= 0.6 is 0 Å². The van der Waals surface area contributed by atoms with Gasteiger partial charge >= 0.3 is 5.97 Å². The van der Waals surface area contributed by atoms with Gasteiger partial charge in [-0.2, -0.15) is 4.98 Å². The van der Waals surface area contributed by atoms with Crippen molar-refractivity contribution in [1.29, 1.82) is 0 Å². The van der Waals surface area contributed by atoms with Gasteiger partial charge in [0.05, 0.1) is 10.5 Å². The van der Waals surface area contributed by atoms with E-state index in [9.17, 15) is 14.9 Å². The number of hydrogen-bond acceptors (Lipinski definition) is 9. The van der Waals surface area contributed by atoms with Gasteiger partial charge in [0.25, 0.3) is 11.6 Å². The molecule has 2 heterocycles. The number of hydrogen-bond donors (Lipinski definition) is 1. The second-order valence-corrected chi connectivity index (χ2v) is 5.48. The highest BCUT2D eigenvalue weighted by Gasteiger charge is 2.23. The van der Waals surface area contributed by atoms with E-state index in [-0.39, 0.29) is 17.1 Å². The van der Waals surface area contributed by atoms with Crippen molar-refractivity contribution in [2.24, 2.45) is 0 Å². The van der Waals surface area contributed by atoms with E-state index in [4.69, 9.17) is 9.26 Å². The zero-order chi connectivity index (χ0) is 19.4. The van der Waals surface area contributed by atoms with Crippen molar-refractivity contribution in [2.45, 2.75) is 13.0 Å². The first-order valence-electron chi connectivity index (χ1n) is 7.90. The molecule has 0 saturated carbocycles. The summed E-state index contributed by atoms with van der Waals surface area (Å²) in [6.45, 7) is 1.56. The van der Waals surface area contributed by atoms with Crippen LogP contribution in [-0.4, -0.2) is 33.1 Å². The number of carbonyl (C=O) groups excluding carboxylic acids is 1. The van der Waals surface area contributed by atoms with Gasteiger partial charge in [-0.25, -0.2) is 4.79 Å². The van der Waals surface area contributed by atoms with Crippen LogP contribution in [0.15, 0.2) is 47.2 Å². The van der Waals surface area contributed by atoms with E-state index in [0.717, 1.165) is 6.07 Å². The summed E-state index contributed by atoms with van der Waals surface area (Å²) in [5.74, 6) is -0.345. The predicted molar refractivity (Wildman–Crippen MR) is 94.0 cm³/mol. The lowest BCUT2D eigenvalue weighted by molar-refractivity contribution is -0.384. The van der Waals surface area contributed by atoms with Gasteiger partial charge in [0.2, 0.25) is 5.82 Å². The van der Waals surface area contributed by atoms with Crippen molar-refractivity contribution in [1.82, 2.24) is 15.1 Å². The molecule has 3 aromatic rings. The maximum Gasteiger partial charge on any atom is 0.341 e. The average molecular weight is 369 g/mol. The lowest BCUT2D eigenvalue weighted by Crippen LogP contribution is -2.12. The number of esters is 1. The van der Waals surface area contributed by atoms with Crippen LogP contribution in [0, 0.1) is 10.1 Å². The van der Waals surface area contributed by atoms with Gasteiger partial charge in [-0.1, -0.05) is 5.16 Å². The van der Waals surface area contributed by atoms with Gasteiger partial charge < -0.3 is 14.6 Å². The van der Waals surface area contributed by atoms with E-state index < -0.39 is 17.0 Å². The number of pyridine rings is 1. The molecule has 2 aromatic heterocycles. The summed E-state index contributed by atoms with van der Waals surface area (Å²) < 4.78 is 10.5. The van der Waals surface area contributed by atoms with Gasteiger partial charge in [-0.3, -0.25) is 15.1 Å². The Hall–Kier alpha value is -3.82. The Morgan fingerprint density at radius 1 is 1.37 bits per heavy atom. The molecule has 0 bridgehead atoms. The number of ether oxygens (including phenoxy) is 1. The zero-order valence-electron chi connectivity index (χ0n) is 14.4. The molecule has 0 amide bonds. The molecule has 27 heavy (non-hydrogen) atoms. The minimum Gasteiger partial charge on any atom is -0.449 e. The van der Waals surface area contributed by atoms with Crippen molar-refractivity contribution in [2.75, 3.05) is 12.4 Å².